The van der Waals surface area contributed by atoms with E-state index in [1.165, 1.54) is 17.5 Å². The Labute approximate surface area is 121 Å². The summed E-state index contributed by atoms with van der Waals surface area (Å²) >= 11 is 0. The van der Waals surface area contributed by atoms with Crippen molar-refractivity contribution in [1.29, 1.82) is 0 Å². The van der Waals surface area contributed by atoms with E-state index in [1.807, 2.05) is 16.9 Å². The summed E-state index contributed by atoms with van der Waals surface area (Å²) in [5.74, 6) is 0.586. The fraction of sp³-hybridized carbons (Fsp3) is 0.471. The number of hydrogen-bond donors (Lipinski definition) is 1. The Hall–Kier alpha value is -1.61. The summed E-state index contributed by atoms with van der Waals surface area (Å²) in [7, 11) is 0. The molecular weight excluding hydrogens is 246 g/mol. The highest BCUT2D eigenvalue weighted by molar-refractivity contribution is 5.18. The molecular formula is C17H23N3. The van der Waals surface area contributed by atoms with E-state index in [-0.39, 0.29) is 0 Å². The zero-order chi connectivity index (χ0) is 14.0. The molecule has 1 aliphatic rings. The molecule has 1 fully saturated rings. The van der Waals surface area contributed by atoms with Gasteiger partial charge in [-0.25, -0.2) is 0 Å². The molecule has 20 heavy (non-hydrogen) atoms. The number of nitrogens with zero attached hydrogens (tertiary/aromatic N) is 2. The lowest BCUT2D eigenvalue weighted by Gasteiger charge is -2.35. The molecule has 3 rings (SSSR count). The van der Waals surface area contributed by atoms with E-state index in [9.17, 15) is 0 Å². The van der Waals surface area contributed by atoms with Crippen LogP contribution in [0, 0.1) is 5.41 Å². The zero-order valence-corrected chi connectivity index (χ0v) is 12.3. The van der Waals surface area contributed by atoms with E-state index in [4.69, 9.17) is 0 Å². The van der Waals surface area contributed by atoms with Crippen LogP contribution in [-0.2, 0) is 6.54 Å². The van der Waals surface area contributed by atoms with Crippen molar-refractivity contribution in [1.82, 2.24) is 15.1 Å². The summed E-state index contributed by atoms with van der Waals surface area (Å²) in [6.07, 6.45) is 5.48. The molecule has 0 saturated carbocycles. The largest absolute Gasteiger partial charge is 0.316 e. The molecule has 1 aliphatic heterocycles. The molecule has 106 valence electrons. The molecule has 1 atom stereocenters. The maximum Gasteiger partial charge on any atom is 0.0659 e. The molecule has 1 N–H and O–H groups in total. The third kappa shape index (κ3) is 3.10. The number of piperidine rings is 1. The molecule has 2 heterocycles. The van der Waals surface area contributed by atoms with Crippen LogP contribution in [0.4, 0.5) is 0 Å². The highest BCUT2D eigenvalue weighted by atomic mass is 15.3. The van der Waals surface area contributed by atoms with Crippen LogP contribution in [0.5, 0.6) is 0 Å². The van der Waals surface area contributed by atoms with Crippen molar-refractivity contribution < 1.29 is 0 Å². The summed E-state index contributed by atoms with van der Waals surface area (Å²) in [4.78, 5) is 0. The molecule has 0 amide bonds. The van der Waals surface area contributed by atoms with Gasteiger partial charge in [-0.2, -0.15) is 5.10 Å². The van der Waals surface area contributed by atoms with Gasteiger partial charge in [0.1, 0.15) is 0 Å². The standard InChI is InChI=1S/C17H23N3/c1-17(2)8-15(9-18-13-17)16-10-19-20(12-16)11-14-6-4-3-5-7-14/h3-7,10,12,15,18H,8-9,11,13H2,1-2H3. The van der Waals surface area contributed by atoms with Crippen LogP contribution >= 0.6 is 0 Å². The SMILES string of the molecule is CC1(C)CNCC(c2cnn(Cc3ccccc3)c2)C1. The molecule has 1 saturated heterocycles. The summed E-state index contributed by atoms with van der Waals surface area (Å²) < 4.78 is 2.05. The maximum absolute atomic E-state index is 4.52. The van der Waals surface area contributed by atoms with E-state index in [2.05, 4.69) is 54.7 Å². The van der Waals surface area contributed by atoms with Crippen molar-refractivity contribution in [3.63, 3.8) is 0 Å². The average Bonchev–Trinajstić information content (AvgIpc) is 2.87. The number of rotatable bonds is 3. The van der Waals surface area contributed by atoms with Gasteiger partial charge in [0.25, 0.3) is 0 Å². The first-order chi connectivity index (χ1) is 9.62. The first-order valence-corrected chi connectivity index (χ1v) is 7.39. The molecule has 1 unspecified atom stereocenters. The monoisotopic (exact) mass is 269 g/mol. The Morgan fingerprint density at radius 1 is 1.30 bits per heavy atom. The van der Waals surface area contributed by atoms with E-state index in [0.717, 1.165) is 19.6 Å². The van der Waals surface area contributed by atoms with Crippen LogP contribution in [0.3, 0.4) is 0 Å². The third-order valence-corrected chi connectivity index (χ3v) is 4.11. The fourth-order valence-electron chi connectivity index (χ4n) is 3.08. The molecule has 1 aromatic heterocycles. The van der Waals surface area contributed by atoms with Crippen molar-refractivity contribution in [3.8, 4) is 0 Å². The second-order valence-corrected chi connectivity index (χ2v) is 6.65. The van der Waals surface area contributed by atoms with Gasteiger partial charge < -0.3 is 5.32 Å². The predicted octanol–water partition coefficient (Wildman–Crippen LogP) is 3.03. The topological polar surface area (TPSA) is 29.9 Å². The summed E-state index contributed by atoms with van der Waals surface area (Å²) in [6.45, 7) is 7.70. The molecule has 3 heteroatoms. The first-order valence-electron chi connectivity index (χ1n) is 7.39. The minimum absolute atomic E-state index is 0.379. The molecule has 0 bridgehead atoms. The van der Waals surface area contributed by atoms with Gasteiger partial charge in [-0.1, -0.05) is 44.2 Å². The highest BCUT2D eigenvalue weighted by Crippen LogP contribution is 2.33. The van der Waals surface area contributed by atoms with E-state index in [1.54, 1.807) is 0 Å². The lowest BCUT2D eigenvalue weighted by Crippen LogP contribution is -2.40. The molecule has 2 aromatic rings. The van der Waals surface area contributed by atoms with Gasteiger partial charge in [-0.05, 0) is 28.9 Å². The van der Waals surface area contributed by atoms with Crippen LogP contribution < -0.4 is 5.32 Å². The zero-order valence-electron chi connectivity index (χ0n) is 12.3. The average molecular weight is 269 g/mol. The Balaban J connectivity index is 1.70. The minimum Gasteiger partial charge on any atom is -0.316 e. The predicted molar refractivity (Wildman–Crippen MR) is 81.8 cm³/mol. The number of benzene rings is 1. The van der Waals surface area contributed by atoms with Crippen molar-refractivity contribution in [2.24, 2.45) is 5.41 Å². The quantitative estimate of drug-likeness (QED) is 0.928. The number of hydrogen-bond acceptors (Lipinski definition) is 2. The molecule has 0 aliphatic carbocycles. The summed E-state index contributed by atoms with van der Waals surface area (Å²) in [5, 5.41) is 8.07. The Kier molecular flexibility index (Phi) is 3.62. The number of nitrogens with one attached hydrogen (secondary N) is 1. The van der Waals surface area contributed by atoms with E-state index < -0.39 is 0 Å². The third-order valence-electron chi connectivity index (χ3n) is 4.11. The van der Waals surface area contributed by atoms with Gasteiger partial charge in [-0.3, -0.25) is 4.68 Å². The van der Waals surface area contributed by atoms with E-state index in [0.29, 0.717) is 11.3 Å². The normalized spacial score (nSPS) is 21.8. The van der Waals surface area contributed by atoms with Crippen LogP contribution in [0.25, 0.3) is 0 Å². The molecule has 0 spiro atoms. The van der Waals surface area contributed by atoms with E-state index >= 15 is 0 Å². The van der Waals surface area contributed by atoms with Gasteiger partial charge >= 0.3 is 0 Å². The van der Waals surface area contributed by atoms with Crippen molar-refractivity contribution in [3.05, 3.63) is 53.9 Å². The van der Waals surface area contributed by atoms with Gasteiger partial charge in [0.05, 0.1) is 12.7 Å². The van der Waals surface area contributed by atoms with Gasteiger partial charge in [0, 0.05) is 19.3 Å². The van der Waals surface area contributed by atoms with Crippen LogP contribution in [0.2, 0.25) is 0 Å². The smallest absolute Gasteiger partial charge is 0.0659 e. The summed E-state index contributed by atoms with van der Waals surface area (Å²) in [6, 6.07) is 10.5. The van der Waals surface area contributed by atoms with Crippen molar-refractivity contribution in [2.75, 3.05) is 13.1 Å². The maximum atomic E-state index is 4.52. The van der Waals surface area contributed by atoms with Gasteiger partial charge in [0.15, 0.2) is 0 Å². The minimum atomic E-state index is 0.379. The molecule has 0 radical (unpaired) electrons. The lowest BCUT2D eigenvalue weighted by atomic mass is 9.78. The van der Waals surface area contributed by atoms with Crippen LogP contribution in [0.1, 0.15) is 37.3 Å². The Morgan fingerprint density at radius 3 is 2.85 bits per heavy atom. The first kappa shape index (κ1) is 13.4. The summed E-state index contributed by atoms with van der Waals surface area (Å²) in [5.41, 5.74) is 3.04. The molecule has 1 aromatic carbocycles. The Morgan fingerprint density at radius 2 is 2.10 bits per heavy atom. The van der Waals surface area contributed by atoms with Crippen LogP contribution in [-0.4, -0.2) is 22.9 Å². The van der Waals surface area contributed by atoms with Crippen molar-refractivity contribution >= 4 is 0 Å². The highest BCUT2D eigenvalue weighted by Gasteiger charge is 2.29. The van der Waals surface area contributed by atoms with Crippen LogP contribution in [0.15, 0.2) is 42.7 Å². The Bertz CT molecular complexity index is 557. The van der Waals surface area contributed by atoms with Crippen molar-refractivity contribution in [2.45, 2.75) is 32.7 Å². The second kappa shape index (κ2) is 5.41. The molecule has 3 nitrogen and oxygen atoms in total. The van der Waals surface area contributed by atoms with Gasteiger partial charge in [-0.15, -0.1) is 0 Å². The van der Waals surface area contributed by atoms with Gasteiger partial charge in [0.2, 0.25) is 0 Å². The second-order valence-electron chi connectivity index (χ2n) is 6.65. The lowest BCUT2D eigenvalue weighted by molar-refractivity contribution is 0.240. The fourth-order valence-corrected chi connectivity index (χ4v) is 3.08. The number of aromatic nitrogens is 2.